The summed E-state index contributed by atoms with van der Waals surface area (Å²) in [6.07, 6.45) is 0.955. The molecule has 0 saturated heterocycles. The predicted molar refractivity (Wildman–Crippen MR) is 79.3 cm³/mol. The van der Waals surface area contributed by atoms with Crippen LogP contribution in [-0.4, -0.2) is 23.9 Å². The Hall–Kier alpha value is -1.20. The van der Waals surface area contributed by atoms with Gasteiger partial charge in [-0.1, -0.05) is 20.8 Å². The molecule has 0 aromatic heterocycles. The molecule has 2 N–H and O–H groups in total. The largest absolute Gasteiger partial charge is 0.485 e. The molecule has 0 heterocycles. The summed E-state index contributed by atoms with van der Waals surface area (Å²) in [5, 5.41) is 13.1. The standard InChI is InChI=1S/C16H25F2NO2/c1-5-6-19-9-12-7-13(17)15(14(18)8-12)21-10-16(4,20)11(2)3/h7-8,11,19-20H,5-6,9-10H2,1-4H3. The second-order valence-corrected chi connectivity index (χ2v) is 5.87. The van der Waals surface area contributed by atoms with Crippen molar-refractivity contribution in [1.82, 2.24) is 5.32 Å². The molecular weight excluding hydrogens is 276 g/mol. The molecule has 0 fully saturated rings. The summed E-state index contributed by atoms with van der Waals surface area (Å²) in [5.41, 5.74) is -0.610. The average molecular weight is 301 g/mol. The highest BCUT2D eigenvalue weighted by Gasteiger charge is 2.27. The van der Waals surface area contributed by atoms with Gasteiger partial charge in [-0.3, -0.25) is 0 Å². The van der Waals surface area contributed by atoms with Crippen LogP contribution >= 0.6 is 0 Å². The Balaban J connectivity index is 2.76. The number of rotatable bonds is 8. The first-order valence-electron chi connectivity index (χ1n) is 7.31. The molecule has 1 aromatic rings. The van der Waals surface area contributed by atoms with Crippen LogP contribution in [0.4, 0.5) is 8.78 Å². The molecule has 0 bridgehead atoms. The number of halogens is 2. The first-order valence-corrected chi connectivity index (χ1v) is 7.31. The summed E-state index contributed by atoms with van der Waals surface area (Å²) in [6.45, 7) is 8.27. The van der Waals surface area contributed by atoms with Gasteiger partial charge in [-0.15, -0.1) is 0 Å². The monoisotopic (exact) mass is 301 g/mol. The lowest BCUT2D eigenvalue weighted by atomic mass is 9.94. The number of ether oxygens (including phenoxy) is 1. The second kappa shape index (κ2) is 7.71. The van der Waals surface area contributed by atoms with Crippen molar-refractivity contribution >= 4 is 0 Å². The zero-order valence-corrected chi connectivity index (χ0v) is 13.2. The molecule has 0 aliphatic carbocycles. The van der Waals surface area contributed by atoms with E-state index in [9.17, 15) is 13.9 Å². The maximum absolute atomic E-state index is 13.9. The van der Waals surface area contributed by atoms with E-state index in [4.69, 9.17) is 4.74 Å². The summed E-state index contributed by atoms with van der Waals surface area (Å²) in [4.78, 5) is 0. The summed E-state index contributed by atoms with van der Waals surface area (Å²) >= 11 is 0. The zero-order chi connectivity index (χ0) is 16.0. The van der Waals surface area contributed by atoms with Crippen LogP contribution in [0.3, 0.4) is 0 Å². The Kier molecular flexibility index (Phi) is 6.55. The molecule has 1 rings (SSSR count). The zero-order valence-electron chi connectivity index (χ0n) is 13.2. The fourth-order valence-corrected chi connectivity index (χ4v) is 1.65. The highest BCUT2D eigenvalue weighted by molar-refractivity contribution is 5.31. The average Bonchev–Trinajstić information content (AvgIpc) is 2.37. The molecule has 0 aliphatic heterocycles. The number of hydrogen-bond donors (Lipinski definition) is 2. The molecular formula is C16H25F2NO2. The van der Waals surface area contributed by atoms with E-state index in [1.54, 1.807) is 6.92 Å². The van der Waals surface area contributed by atoms with Crippen molar-refractivity contribution < 1.29 is 18.6 Å². The van der Waals surface area contributed by atoms with Crippen LogP contribution in [0.15, 0.2) is 12.1 Å². The van der Waals surface area contributed by atoms with Gasteiger partial charge in [0.15, 0.2) is 17.4 Å². The fraction of sp³-hybridized carbons (Fsp3) is 0.625. The Morgan fingerprint density at radius 1 is 1.29 bits per heavy atom. The van der Waals surface area contributed by atoms with E-state index in [1.165, 1.54) is 12.1 Å². The molecule has 1 atom stereocenters. The van der Waals surface area contributed by atoms with Gasteiger partial charge in [0.25, 0.3) is 0 Å². The Morgan fingerprint density at radius 2 is 1.86 bits per heavy atom. The summed E-state index contributed by atoms with van der Waals surface area (Å²) in [5.74, 6) is -2.01. The van der Waals surface area contributed by atoms with Gasteiger partial charge in [0.1, 0.15) is 6.61 Å². The van der Waals surface area contributed by atoms with Gasteiger partial charge in [0, 0.05) is 6.54 Å². The van der Waals surface area contributed by atoms with Crippen molar-refractivity contribution in [1.29, 1.82) is 0 Å². The van der Waals surface area contributed by atoms with Gasteiger partial charge in [-0.25, -0.2) is 8.78 Å². The number of hydrogen-bond acceptors (Lipinski definition) is 3. The molecule has 0 amide bonds. The third kappa shape index (κ3) is 5.25. The third-order valence-corrected chi connectivity index (χ3v) is 3.57. The quantitative estimate of drug-likeness (QED) is 0.724. The molecule has 1 unspecified atom stereocenters. The van der Waals surface area contributed by atoms with E-state index >= 15 is 0 Å². The van der Waals surface area contributed by atoms with E-state index in [0.717, 1.165) is 13.0 Å². The van der Waals surface area contributed by atoms with E-state index in [2.05, 4.69) is 5.32 Å². The first-order chi connectivity index (χ1) is 9.77. The SMILES string of the molecule is CCCNCc1cc(F)c(OCC(C)(O)C(C)C)c(F)c1. The Morgan fingerprint density at radius 3 is 2.33 bits per heavy atom. The maximum Gasteiger partial charge on any atom is 0.190 e. The maximum atomic E-state index is 13.9. The fourth-order valence-electron chi connectivity index (χ4n) is 1.65. The van der Waals surface area contributed by atoms with Gasteiger partial charge >= 0.3 is 0 Å². The van der Waals surface area contributed by atoms with E-state index in [-0.39, 0.29) is 12.5 Å². The van der Waals surface area contributed by atoms with Crippen molar-refractivity contribution in [3.05, 3.63) is 29.3 Å². The van der Waals surface area contributed by atoms with Crippen LogP contribution < -0.4 is 10.1 Å². The first kappa shape index (κ1) is 17.9. The minimum Gasteiger partial charge on any atom is -0.485 e. The molecule has 3 nitrogen and oxygen atoms in total. The van der Waals surface area contributed by atoms with Crippen molar-refractivity contribution in [2.45, 2.75) is 46.3 Å². The Bertz CT molecular complexity index is 439. The summed E-state index contributed by atoms with van der Waals surface area (Å²) in [7, 11) is 0. The van der Waals surface area contributed by atoms with E-state index in [0.29, 0.717) is 12.1 Å². The Labute approximate surface area is 125 Å². The van der Waals surface area contributed by atoms with Crippen molar-refractivity contribution in [2.75, 3.05) is 13.2 Å². The molecule has 5 heteroatoms. The lowest BCUT2D eigenvalue weighted by Crippen LogP contribution is -2.38. The van der Waals surface area contributed by atoms with Crippen molar-refractivity contribution in [2.24, 2.45) is 5.92 Å². The van der Waals surface area contributed by atoms with Crippen LogP contribution in [0.5, 0.6) is 5.75 Å². The van der Waals surface area contributed by atoms with Crippen molar-refractivity contribution in [3.8, 4) is 5.75 Å². The molecule has 0 spiro atoms. The molecule has 1 aromatic carbocycles. The lowest BCUT2D eigenvalue weighted by Gasteiger charge is -2.27. The van der Waals surface area contributed by atoms with Crippen molar-refractivity contribution in [3.63, 3.8) is 0 Å². The molecule has 0 radical (unpaired) electrons. The van der Waals surface area contributed by atoms with Gasteiger partial charge < -0.3 is 15.2 Å². The van der Waals surface area contributed by atoms with Crippen LogP contribution in [-0.2, 0) is 6.54 Å². The normalized spacial score (nSPS) is 14.3. The van der Waals surface area contributed by atoms with E-state index < -0.39 is 23.0 Å². The predicted octanol–water partition coefficient (Wildman–Crippen LogP) is 3.25. The summed E-state index contributed by atoms with van der Waals surface area (Å²) in [6, 6.07) is 2.51. The van der Waals surface area contributed by atoms with Crippen LogP contribution in [0.25, 0.3) is 0 Å². The van der Waals surface area contributed by atoms with Crippen LogP contribution in [0, 0.1) is 17.6 Å². The van der Waals surface area contributed by atoms with E-state index in [1.807, 2.05) is 20.8 Å². The van der Waals surface area contributed by atoms with Gasteiger partial charge in [0.05, 0.1) is 5.60 Å². The highest BCUT2D eigenvalue weighted by Crippen LogP contribution is 2.26. The number of nitrogens with one attached hydrogen (secondary N) is 1. The second-order valence-electron chi connectivity index (χ2n) is 5.87. The topological polar surface area (TPSA) is 41.5 Å². The lowest BCUT2D eigenvalue weighted by molar-refractivity contribution is -0.0284. The number of aliphatic hydroxyl groups is 1. The molecule has 0 aliphatic rings. The van der Waals surface area contributed by atoms with Gasteiger partial charge in [-0.05, 0) is 43.5 Å². The molecule has 0 saturated carbocycles. The highest BCUT2D eigenvalue weighted by atomic mass is 19.1. The minimum atomic E-state index is -1.14. The summed E-state index contributed by atoms with van der Waals surface area (Å²) < 4.78 is 33.0. The minimum absolute atomic E-state index is 0.0823. The molecule has 21 heavy (non-hydrogen) atoms. The van der Waals surface area contributed by atoms with Crippen LogP contribution in [0.1, 0.15) is 39.7 Å². The molecule has 120 valence electrons. The van der Waals surface area contributed by atoms with Crippen LogP contribution in [0.2, 0.25) is 0 Å². The third-order valence-electron chi connectivity index (χ3n) is 3.57. The smallest absolute Gasteiger partial charge is 0.190 e. The number of benzene rings is 1. The van der Waals surface area contributed by atoms with Gasteiger partial charge in [0.2, 0.25) is 0 Å². The van der Waals surface area contributed by atoms with Gasteiger partial charge in [-0.2, -0.15) is 0 Å².